The number of likely N-dealkylation sites (N-methyl/N-ethyl adjacent to an activating group) is 1. The lowest BCUT2D eigenvalue weighted by Gasteiger charge is -2.26. The Labute approximate surface area is 192 Å². The number of hydrogen-bond acceptors (Lipinski definition) is 3. The second kappa shape index (κ2) is 9.46. The molecule has 0 aliphatic carbocycles. The highest BCUT2D eigenvalue weighted by atomic mass is 35.5. The molecular weight excluding hydrogens is 408 g/mol. The van der Waals surface area contributed by atoms with E-state index in [0.717, 1.165) is 27.7 Å². The smallest absolute Gasteiger partial charge is 0.287 e. The van der Waals surface area contributed by atoms with Gasteiger partial charge in [0.15, 0.2) is 5.76 Å². The largest absolute Gasteiger partial charge is 0.451 e. The van der Waals surface area contributed by atoms with E-state index in [2.05, 4.69) is 68.2 Å². The van der Waals surface area contributed by atoms with Gasteiger partial charge in [0, 0.05) is 17.5 Å². The lowest BCUT2D eigenvalue weighted by atomic mass is 9.86. The first-order valence-electron chi connectivity index (χ1n) is 10.5. The highest BCUT2D eigenvalue weighted by Gasteiger charge is 2.22. The molecule has 0 aliphatic heterocycles. The molecule has 0 aliphatic rings. The number of aryl methyl sites for hydroxylation is 3. The first kappa shape index (κ1) is 25.0. The van der Waals surface area contributed by atoms with Crippen molar-refractivity contribution in [2.75, 3.05) is 20.6 Å². The zero-order chi connectivity index (χ0) is 22.2. The molecule has 0 radical (unpaired) electrons. The topological polar surface area (TPSA) is 45.5 Å². The molecule has 0 fully saturated rings. The first-order valence-corrected chi connectivity index (χ1v) is 10.5. The van der Waals surface area contributed by atoms with E-state index in [0.29, 0.717) is 12.3 Å². The molecular formula is C26H35ClN2O2. The van der Waals surface area contributed by atoms with E-state index in [-0.39, 0.29) is 29.8 Å². The number of furan rings is 1. The van der Waals surface area contributed by atoms with E-state index in [1.165, 1.54) is 11.1 Å². The molecule has 1 unspecified atom stereocenters. The van der Waals surface area contributed by atoms with Crippen molar-refractivity contribution < 1.29 is 9.21 Å². The molecule has 0 saturated heterocycles. The molecule has 5 heteroatoms. The summed E-state index contributed by atoms with van der Waals surface area (Å²) in [6.07, 6.45) is 0. The fourth-order valence-corrected chi connectivity index (χ4v) is 4.08. The summed E-state index contributed by atoms with van der Waals surface area (Å²) >= 11 is 0. The van der Waals surface area contributed by atoms with Gasteiger partial charge in [-0.1, -0.05) is 51.1 Å². The van der Waals surface area contributed by atoms with Crippen molar-refractivity contribution in [1.29, 1.82) is 0 Å². The van der Waals surface area contributed by atoms with Crippen LogP contribution < -0.4 is 5.32 Å². The zero-order valence-corrected chi connectivity index (χ0v) is 20.7. The summed E-state index contributed by atoms with van der Waals surface area (Å²) in [5, 5.41) is 4.12. The Kier molecular flexibility index (Phi) is 7.61. The molecule has 1 atom stereocenters. The number of nitrogens with one attached hydrogen (secondary N) is 1. The number of nitrogens with zero attached hydrogens (tertiary/aromatic N) is 1. The summed E-state index contributed by atoms with van der Waals surface area (Å²) < 4.78 is 5.95. The highest BCUT2D eigenvalue weighted by Crippen LogP contribution is 2.30. The second-order valence-corrected chi connectivity index (χ2v) is 9.57. The summed E-state index contributed by atoms with van der Waals surface area (Å²) in [5.41, 5.74) is 6.54. The third-order valence-electron chi connectivity index (χ3n) is 5.82. The summed E-state index contributed by atoms with van der Waals surface area (Å²) in [4.78, 5) is 15.1. The Morgan fingerprint density at radius 3 is 2.23 bits per heavy atom. The predicted octanol–water partition coefficient (Wildman–Crippen LogP) is 6.11. The van der Waals surface area contributed by atoms with Crippen molar-refractivity contribution in [1.82, 2.24) is 10.2 Å². The third-order valence-corrected chi connectivity index (χ3v) is 5.82. The molecule has 168 valence electrons. The van der Waals surface area contributed by atoms with Crippen molar-refractivity contribution >= 4 is 29.3 Å². The summed E-state index contributed by atoms with van der Waals surface area (Å²) in [5.74, 6) is 0.234. The molecule has 1 amide bonds. The van der Waals surface area contributed by atoms with Gasteiger partial charge in [-0.05, 0) is 68.6 Å². The van der Waals surface area contributed by atoms with E-state index < -0.39 is 0 Å². The van der Waals surface area contributed by atoms with Crippen LogP contribution in [0.4, 0.5) is 0 Å². The van der Waals surface area contributed by atoms with Gasteiger partial charge >= 0.3 is 0 Å². The molecule has 0 saturated carbocycles. The maximum atomic E-state index is 13.0. The quantitative estimate of drug-likeness (QED) is 0.518. The number of carbonyl (C=O) groups is 1. The monoisotopic (exact) mass is 442 g/mol. The van der Waals surface area contributed by atoms with E-state index in [4.69, 9.17) is 4.42 Å². The molecule has 0 spiro atoms. The number of hydrogen-bond donors (Lipinski definition) is 1. The van der Waals surface area contributed by atoms with Crippen LogP contribution in [0.25, 0.3) is 11.0 Å². The molecule has 31 heavy (non-hydrogen) atoms. The van der Waals surface area contributed by atoms with Crippen molar-refractivity contribution in [2.45, 2.75) is 53.0 Å². The Morgan fingerprint density at radius 2 is 1.68 bits per heavy atom. The SMILES string of the molecule is Cc1cc(C)c2c(C)c(C(=O)NCC(c3ccc(C(C)(C)C)cc3)N(C)C)oc2c1.Cl. The Balaban J connectivity index is 0.00000341. The maximum Gasteiger partial charge on any atom is 0.287 e. The summed E-state index contributed by atoms with van der Waals surface area (Å²) in [7, 11) is 4.07. The fourth-order valence-electron chi connectivity index (χ4n) is 4.08. The molecule has 1 N–H and O–H groups in total. The number of benzene rings is 2. The fraction of sp³-hybridized carbons (Fsp3) is 0.423. The summed E-state index contributed by atoms with van der Waals surface area (Å²) in [6.45, 7) is 13.2. The lowest BCUT2D eigenvalue weighted by molar-refractivity contribution is 0.0915. The van der Waals surface area contributed by atoms with Crippen LogP contribution >= 0.6 is 12.4 Å². The molecule has 3 aromatic rings. The van der Waals surface area contributed by atoms with Gasteiger partial charge in [0.1, 0.15) is 5.58 Å². The number of amides is 1. The van der Waals surface area contributed by atoms with Gasteiger partial charge in [-0.3, -0.25) is 4.79 Å². The molecule has 0 bridgehead atoms. The average Bonchev–Trinajstić information content (AvgIpc) is 2.97. The molecule has 2 aromatic carbocycles. The minimum absolute atomic E-state index is 0. The molecule has 1 aromatic heterocycles. The molecule has 1 heterocycles. The predicted molar refractivity (Wildman–Crippen MR) is 132 cm³/mol. The van der Waals surface area contributed by atoms with Crippen LogP contribution in [0, 0.1) is 20.8 Å². The van der Waals surface area contributed by atoms with Gasteiger partial charge in [-0.2, -0.15) is 0 Å². The Hall–Kier alpha value is -2.30. The normalized spacial score (nSPS) is 12.7. The van der Waals surface area contributed by atoms with Crippen LogP contribution in [0.1, 0.15) is 65.2 Å². The third kappa shape index (κ3) is 5.31. The van der Waals surface area contributed by atoms with Gasteiger partial charge in [0.2, 0.25) is 0 Å². The van der Waals surface area contributed by atoms with Crippen LogP contribution in [0.2, 0.25) is 0 Å². The minimum Gasteiger partial charge on any atom is -0.451 e. The Bertz CT molecular complexity index is 1060. The van der Waals surface area contributed by atoms with E-state index in [1.54, 1.807) is 0 Å². The van der Waals surface area contributed by atoms with Gasteiger partial charge in [0.25, 0.3) is 5.91 Å². The van der Waals surface area contributed by atoms with Gasteiger partial charge in [-0.25, -0.2) is 0 Å². The van der Waals surface area contributed by atoms with Crippen LogP contribution in [-0.4, -0.2) is 31.4 Å². The Morgan fingerprint density at radius 1 is 1.06 bits per heavy atom. The number of rotatable bonds is 5. The van der Waals surface area contributed by atoms with Crippen molar-refractivity contribution in [3.05, 3.63) is 70.0 Å². The van der Waals surface area contributed by atoms with Crippen LogP contribution in [-0.2, 0) is 5.41 Å². The molecule has 4 nitrogen and oxygen atoms in total. The van der Waals surface area contributed by atoms with Gasteiger partial charge < -0.3 is 14.6 Å². The van der Waals surface area contributed by atoms with Crippen LogP contribution in [0.15, 0.2) is 40.8 Å². The number of carbonyl (C=O) groups excluding carboxylic acids is 1. The van der Waals surface area contributed by atoms with Crippen LogP contribution in [0.3, 0.4) is 0 Å². The second-order valence-electron chi connectivity index (χ2n) is 9.57. The molecule has 3 rings (SSSR count). The van der Waals surface area contributed by atoms with Crippen LogP contribution in [0.5, 0.6) is 0 Å². The van der Waals surface area contributed by atoms with Crippen molar-refractivity contribution in [3.8, 4) is 0 Å². The van der Waals surface area contributed by atoms with Gasteiger partial charge in [0.05, 0.1) is 6.04 Å². The lowest BCUT2D eigenvalue weighted by Crippen LogP contribution is -2.34. The highest BCUT2D eigenvalue weighted by molar-refractivity contribution is 6.00. The standard InChI is InChI=1S/C26H34N2O2.ClH/c1-16-13-17(2)23-18(3)24(30-22(23)14-16)25(29)27-15-21(28(7)8)19-9-11-20(12-10-19)26(4,5)6;/h9-14,21H,15H2,1-8H3,(H,27,29);1H. The van der Waals surface area contributed by atoms with Crippen molar-refractivity contribution in [3.63, 3.8) is 0 Å². The van der Waals surface area contributed by atoms with E-state index in [1.807, 2.05) is 34.0 Å². The number of halogens is 1. The first-order chi connectivity index (χ1) is 14.0. The average molecular weight is 443 g/mol. The van der Waals surface area contributed by atoms with Gasteiger partial charge in [-0.15, -0.1) is 12.4 Å². The van der Waals surface area contributed by atoms with Crippen molar-refractivity contribution in [2.24, 2.45) is 0 Å². The van der Waals surface area contributed by atoms with E-state index in [9.17, 15) is 4.79 Å². The number of fused-ring (bicyclic) bond motifs is 1. The minimum atomic E-state index is -0.168. The van der Waals surface area contributed by atoms with E-state index >= 15 is 0 Å². The maximum absolute atomic E-state index is 13.0. The zero-order valence-electron chi connectivity index (χ0n) is 19.9. The summed E-state index contributed by atoms with van der Waals surface area (Å²) in [6, 6.07) is 12.9.